The molecule has 1 unspecified atom stereocenters. The average Bonchev–Trinajstić information content (AvgIpc) is 3.91. The molecule has 2 atom stereocenters. The van der Waals surface area contributed by atoms with Crippen molar-refractivity contribution in [2.75, 3.05) is 0 Å². The number of rotatable bonds is 5. The van der Waals surface area contributed by atoms with Gasteiger partial charge in [-0.2, -0.15) is 0 Å². The quantitative estimate of drug-likeness (QED) is 0.173. The van der Waals surface area contributed by atoms with Crippen LogP contribution in [0.15, 0.2) is 218 Å². The standard InChI is InChI=1S/C66H39N3S2/c1-2-16-38(17-3-1)40-21-14-22-43(34-40)63-67-64(50-29-15-28-48-45-24-10-12-30-55(45)70-61(48)50)69-65(68-63)59-47-26-9-8-25-46(47)58-49-27-11-13-31-56(49)71-62(58)60(59)66-37-54(66)51-35-41-19-4-5-20-42(41)36-52(51)57-44-23-7-6-18-39(44)32-33-53(57)66/h1-36,54H,37H2/t54?,66-/m1/s1. The van der Waals surface area contributed by atoms with Crippen LogP contribution in [0.1, 0.15) is 29.0 Å². The summed E-state index contributed by atoms with van der Waals surface area (Å²) in [6, 6.07) is 80.4. The van der Waals surface area contributed by atoms with Crippen LogP contribution in [0, 0.1) is 0 Å². The summed E-state index contributed by atoms with van der Waals surface area (Å²) in [6.45, 7) is 0. The fraction of sp³-hybridized carbons (Fsp3) is 0.0455. The van der Waals surface area contributed by atoms with Crippen molar-refractivity contribution in [1.29, 1.82) is 0 Å². The highest BCUT2D eigenvalue weighted by Crippen LogP contribution is 2.73. The van der Waals surface area contributed by atoms with Gasteiger partial charge in [0.2, 0.25) is 0 Å². The van der Waals surface area contributed by atoms with Crippen LogP contribution in [0.4, 0.5) is 0 Å². The Bertz CT molecular complexity index is 4590. The maximum absolute atomic E-state index is 5.80. The number of aromatic nitrogens is 3. The van der Waals surface area contributed by atoms with E-state index >= 15 is 0 Å². The predicted molar refractivity (Wildman–Crippen MR) is 300 cm³/mol. The van der Waals surface area contributed by atoms with Gasteiger partial charge in [-0.05, 0) is 114 Å². The molecule has 330 valence electrons. The van der Waals surface area contributed by atoms with Gasteiger partial charge in [0.15, 0.2) is 17.5 Å². The van der Waals surface area contributed by atoms with Crippen LogP contribution in [0.3, 0.4) is 0 Å². The molecule has 0 radical (unpaired) electrons. The molecule has 0 N–H and O–H groups in total. The van der Waals surface area contributed by atoms with Crippen LogP contribution in [-0.2, 0) is 5.41 Å². The number of benzene rings is 11. The highest BCUT2D eigenvalue weighted by atomic mass is 32.1. The molecule has 2 aliphatic rings. The molecule has 0 saturated heterocycles. The Kier molecular flexibility index (Phi) is 8.25. The number of fused-ring (bicyclic) bond motifs is 17. The van der Waals surface area contributed by atoms with Crippen molar-refractivity contribution in [2.45, 2.75) is 17.8 Å². The van der Waals surface area contributed by atoms with Crippen LogP contribution in [0.5, 0.6) is 0 Å². The fourth-order valence-electron chi connectivity index (χ4n) is 12.5. The summed E-state index contributed by atoms with van der Waals surface area (Å²) < 4.78 is 5.02. The Morgan fingerprint density at radius 1 is 0.380 bits per heavy atom. The maximum atomic E-state index is 5.80. The molecule has 1 saturated carbocycles. The van der Waals surface area contributed by atoms with E-state index in [0.29, 0.717) is 17.5 Å². The van der Waals surface area contributed by atoms with E-state index in [0.717, 1.165) is 39.6 Å². The van der Waals surface area contributed by atoms with Crippen molar-refractivity contribution in [1.82, 2.24) is 15.0 Å². The molecule has 14 aromatic rings. The maximum Gasteiger partial charge on any atom is 0.165 e. The van der Waals surface area contributed by atoms with Crippen molar-refractivity contribution < 1.29 is 0 Å². The predicted octanol–water partition coefficient (Wildman–Crippen LogP) is 18.2. The van der Waals surface area contributed by atoms with E-state index in [2.05, 4.69) is 218 Å². The Morgan fingerprint density at radius 2 is 0.986 bits per heavy atom. The number of hydrogen-bond acceptors (Lipinski definition) is 5. The minimum atomic E-state index is -0.376. The molecule has 3 aromatic heterocycles. The van der Waals surface area contributed by atoms with Crippen molar-refractivity contribution in [2.24, 2.45) is 0 Å². The van der Waals surface area contributed by atoms with E-state index in [1.807, 2.05) is 22.7 Å². The van der Waals surface area contributed by atoms with Gasteiger partial charge in [-0.1, -0.05) is 188 Å². The lowest BCUT2D eigenvalue weighted by atomic mass is 9.71. The first-order valence-corrected chi connectivity index (χ1v) is 26.1. The third-order valence-corrected chi connectivity index (χ3v) is 18.1. The zero-order chi connectivity index (χ0) is 46.4. The fourth-order valence-corrected chi connectivity index (χ4v) is 15.1. The summed E-state index contributed by atoms with van der Waals surface area (Å²) >= 11 is 3.74. The third-order valence-electron chi connectivity index (χ3n) is 15.6. The van der Waals surface area contributed by atoms with E-state index < -0.39 is 0 Å². The summed E-state index contributed by atoms with van der Waals surface area (Å²) in [5.41, 5.74) is 11.8. The first-order chi connectivity index (χ1) is 35.2. The lowest BCUT2D eigenvalue weighted by Gasteiger charge is -2.32. The van der Waals surface area contributed by atoms with E-state index in [4.69, 9.17) is 15.0 Å². The Balaban J connectivity index is 1.06. The van der Waals surface area contributed by atoms with Gasteiger partial charge in [-0.3, -0.25) is 0 Å². The zero-order valence-electron chi connectivity index (χ0n) is 38.2. The molecular formula is C66H39N3S2. The van der Waals surface area contributed by atoms with Gasteiger partial charge in [0.05, 0.1) is 0 Å². The largest absolute Gasteiger partial charge is 0.208 e. The van der Waals surface area contributed by atoms with Crippen molar-refractivity contribution in [3.8, 4) is 56.4 Å². The second-order valence-corrected chi connectivity index (χ2v) is 21.5. The first-order valence-electron chi connectivity index (χ1n) is 24.4. The smallest absolute Gasteiger partial charge is 0.165 e. The van der Waals surface area contributed by atoms with E-state index in [9.17, 15) is 0 Å². The monoisotopic (exact) mass is 937 g/mol. The summed E-state index contributed by atoms with van der Waals surface area (Å²) in [7, 11) is 0. The van der Waals surface area contributed by atoms with Crippen LogP contribution >= 0.6 is 22.7 Å². The van der Waals surface area contributed by atoms with Crippen LogP contribution < -0.4 is 0 Å². The third kappa shape index (κ3) is 5.67. The molecule has 1 fully saturated rings. The normalized spacial score (nSPS) is 16.0. The SMILES string of the molecule is c1ccc(-c2cccc(-c3nc(-c4c([C@@]56CC5c5cc7ccccc7cc5-c5c6ccc6ccccc56)c5sc6ccccc6c5c5ccccc45)nc(-c4cccc5c4sc4ccccc45)n3)c2)cc1. The molecule has 5 heteroatoms. The molecule has 71 heavy (non-hydrogen) atoms. The lowest BCUT2D eigenvalue weighted by molar-refractivity contribution is 0.807. The number of nitrogens with zero attached hydrogens (tertiary/aromatic N) is 3. The molecule has 0 bridgehead atoms. The highest BCUT2D eigenvalue weighted by Gasteiger charge is 2.63. The summed E-state index contributed by atoms with van der Waals surface area (Å²) in [6.07, 6.45) is 0.976. The van der Waals surface area contributed by atoms with Gasteiger partial charge in [-0.15, -0.1) is 22.7 Å². The minimum Gasteiger partial charge on any atom is -0.208 e. The molecule has 3 nitrogen and oxygen atoms in total. The van der Waals surface area contributed by atoms with Crippen molar-refractivity contribution in [3.05, 3.63) is 235 Å². The summed E-state index contributed by atoms with van der Waals surface area (Å²) in [4.78, 5) is 17.1. The molecule has 3 heterocycles. The highest BCUT2D eigenvalue weighted by molar-refractivity contribution is 7.26. The topological polar surface area (TPSA) is 38.7 Å². The van der Waals surface area contributed by atoms with Gasteiger partial charge in [0, 0.05) is 62.4 Å². The average molecular weight is 938 g/mol. The minimum absolute atomic E-state index is 0.236. The second-order valence-electron chi connectivity index (χ2n) is 19.4. The van der Waals surface area contributed by atoms with Crippen LogP contribution in [0.25, 0.3) is 129 Å². The molecule has 2 aliphatic carbocycles. The van der Waals surface area contributed by atoms with Gasteiger partial charge >= 0.3 is 0 Å². The Labute approximate surface area is 417 Å². The van der Waals surface area contributed by atoms with Crippen molar-refractivity contribution in [3.63, 3.8) is 0 Å². The molecular weight excluding hydrogens is 899 g/mol. The van der Waals surface area contributed by atoms with Crippen LogP contribution in [-0.4, -0.2) is 15.0 Å². The first kappa shape index (κ1) is 39.5. The number of thiophene rings is 2. The summed E-state index contributed by atoms with van der Waals surface area (Å²) in [5.74, 6) is 2.27. The molecule has 0 amide bonds. The van der Waals surface area contributed by atoms with Gasteiger partial charge in [-0.25, -0.2) is 15.0 Å². The van der Waals surface area contributed by atoms with Gasteiger partial charge in [0.25, 0.3) is 0 Å². The van der Waals surface area contributed by atoms with Gasteiger partial charge < -0.3 is 0 Å². The van der Waals surface area contributed by atoms with E-state index in [1.165, 1.54) is 95.1 Å². The second kappa shape index (κ2) is 14.8. The van der Waals surface area contributed by atoms with E-state index in [-0.39, 0.29) is 11.3 Å². The summed E-state index contributed by atoms with van der Waals surface area (Å²) in [5, 5.41) is 12.5. The Hall–Kier alpha value is -8.35. The van der Waals surface area contributed by atoms with Crippen LogP contribution in [0.2, 0.25) is 0 Å². The lowest BCUT2D eigenvalue weighted by Crippen LogP contribution is -2.20. The van der Waals surface area contributed by atoms with E-state index in [1.54, 1.807) is 0 Å². The Morgan fingerprint density at radius 3 is 1.83 bits per heavy atom. The molecule has 16 rings (SSSR count). The molecule has 0 aliphatic heterocycles. The number of hydrogen-bond donors (Lipinski definition) is 0. The van der Waals surface area contributed by atoms with Gasteiger partial charge in [0.1, 0.15) is 0 Å². The van der Waals surface area contributed by atoms with Crippen molar-refractivity contribution >= 4 is 95.3 Å². The molecule has 11 aromatic carbocycles. The molecule has 0 spiro atoms. The zero-order valence-corrected chi connectivity index (χ0v) is 39.9.